The Morgan fingerprint density at radius 2 is 1.84 bits per heavy atom. The maximum Gasteiger partial charge on any atom is 0.343 e. The number of carboxylic acids is 1. The van der Waals surface area contributed by atoms with E-state index in [1.165, 1.54) is 31.2 Å². The Bertz CT molecular complexity index is 705. The van der Waals surface area contributed by atoms with Gasteiger partial charge in [0.1, 0.15) is 17.2 Å². The SMILES string of the molecule is Cc1nc(C)n(-c2ccc(F)cc2)c(=O)c1C(=O)O. The number of carbonyl (C=O) groups is 1. The van der Waals surface area contributed by atoms with E-state index in [4.69, 9.17) is 5.11 Å². The molecule has 0 atom stereocenters. The predicted molar refractivity (Wildman–Crippen MR) is 66.2 cm³/mol. The summed E-state index contributed by atoms with van der Waals surface area (Å²) in [6.45, 7) is 3.05. The van der Waals surface area contributed by atoms with Gasteiger partial charge in [-0.3, -0.25) is 9.36 Å². The highest BCUT2D eigenvalue weighted by molar-refractivity contribution is 5.88. The van der Waals surface area contributed by atoms with Gasteiger partial charge in [0.15, 0.2) is 0 Å². The molecule has 19 heavy (non-hydrogen) atoms. The summed E-state index contributed by atoms with van der Waals surface area (Å²) in [5.74, 6) is -1.42. The van der Waals surface area contributed by atoms with Crippen LogP contribution in [-0.4, -0.2) is 20.6 Å². The number of carboxylic acid groups (broad SMARTS) is 1. The first-order valence-corrected chi connectivity index (χ1v) is 5.51. The molecule has 0 amide bonds. The van der Waals surface area contributed by atoms with Gasteiger partial charge in [0, 0.05) is 0 Å². The van der Waals surface area contributed by atoms with E-state index in [2.05, 4.69) is 4.98 Å². The molecule has 0 unspecified atom stereocenters. The van der Waals surface area contributed by atoms with Crippen molar-refractivity contribution in [2.75, 3.05) is 0 Å². The number of aromatic carboxylic acids is 1. The molecule has 0 saturated carbocycles. The quantitative estimate of drug-likeness (QED) is 0.893. The van der Waals surface area contributed by atoms with Crippen LogP contribution in [0.2, 0.25) is 0 Å². The first kappa shape index (κ1) is 12.9. The first-order chi connectivity index (χ1) is 8.91. The van der Waals surface area contributed by atoms with Crippen molar-refractivity contribution in [2.24, 2.45) is 0 Å². The standard InChI is InChI=1S/C13H11FN2O3/c1-7-11(13(18)19)12(17)16(8(2)15-7)10-5-3-9(14)4-6-10/h3-6H,1-2H3,(H,18,19). The lowest BCUT2D eigenvalue weighted by atomic mass is 10.2. The Balaban J connectivity index is 2.77. The van der Waals surface area contributed by atoms with Gasteiger partial charge in [-0.05, 0) is 38.1 Å². The fourth-order valence-electron chi connectivity index (χ4n) is 1.90. The number of aryl methyl sites for hydroxylation is 2. The molecule has 0 fully saturated rings. The Hall–Kier alpha value is -2.50. The van der Waals surface area contributed by atoms with E-state index in [-0.39, 0.29) is 11.3 Å². The van der Waals surface area contributed by atoms with Crippen LogP contribution >= 0.6 is 0 Å². The summed E-state index contributed by atoms with van der Waals surface area (Å²) in [5, 5.41) is 9.04. The van der Waals surface area contributed by atoms with E-state index < -0.39 is 17.3 Å². The van der Waals surface area contributed by atoms with Crippen LogP contribution in [-0.2, 0) is 0 Å². The molecule has 5 nitrogen and oxygen atoms in total. The van der Waals surface area contributed by atoms with E-state index in [0.29, 0.717) is 11.5 Å². The second-order valence-electron chi connectivity index (χ2n) is 4.04. The summed E-state index contributed by atoms with van der Waals surface area (Å²) in [6, 6.07) is 5.18. The Labute approximate surface area is 108 Å². The third-order valence-electron chi connectivity index (χ3n) is 2.73. The van der Waals surface area contributed by atoms with Crippen LogP contribution in [0, 0.1) is 19.7 Å². The van der Waals surface area contributed by atoms with Crippen LogP contribution in [0.3, 0.4) is 0 Å². The molecule has 0 aliphatic heterocycles. The molecule has 1 aromatic heterocycles. The lowest BCUT2D eigenvalue weighted by molar-refractivity contribution is 0.0693. The summed E-state index contributed by atoms with van der Waals surface area (Å²) in [7, 11) is 0. The fraction of sp³-hybridized carbons (Fsp3) is 0.154. The van der Waals surface area contributed by atoms with Crippen LogP contribution < -0.4 is 5.56 Å². The molecular formula is C13H11FN2O3. The molecular weight excluding hydrogens is 251 g/mol. The van der Waals surface area contributed by atoms with Crippen LogP contribution in [0.1, 0.15) is 21.9 Å². The lowest BCUT2D eigenvalue weighted by Gasteiger charge is -2.11. The fourth-order valence-corrected chi connectivity index (χ4v) is 1.90. The van der Waals surface area contributed by atoms with Crippen LogP contribution in [0.15, 0.2) is 29.1 Å². The van der Waals surface area contributed by atoms with Gasteiger partial charge in [0.05, 0.1) is 11.4 Å². The minimum Gasteiger partial charge on any atom is -0.477 e. The van der Waals surface area contributed by atoms with Crippen molar-refractivity contribution in [3.8, 4) is 5.69 Å². The number of aromatic nitrogens is 2. The number of hydrogen-bond acceptors (Lipinski definition) is 3. The van der Waals surface area contributed by atoms with Crippen molar-refractivity contribution in [3.63, 3.8) is 0 Å². The van der Waals surface area contributed by atoms with E-state index in [1.807, 2.05) is 0 Å². The summed E-state index contributed by atoms with van der Waals surface area (Å²) in [5.41, 5.74) is -0.522. The zero-order valence-corrected chi connectivity index (χ0v) is 10.3. The van der Waals surface area contributed by atoms with Gasteiger partial charge >= 0.3 is 5.97 Å². The summed E-state index contributed by atoms with van der Waals surface area (Å²) < 4.78 is 14.0. The summed E-state index contributed by atoms with van der Waals surface area (Å²) >= 11 is 0. The molecule has 1 heterocycles. The summed E-state index contributed by atoms with van der Waals surface area (Å²) in [4.78, 5) is 27.3. The minimum absolute atomic E-state index is 0.161. The Morgan fingerprint density at radius 3 is 2.37 bits per heavy atom. The average Bonchev–Trinajstić information content (AvgIpc) is 2.30. The molecule has 0 spiro atoms. The van der Waals surface area contributed by atoms with Gasteiger partial charge in [0.2, 0.25) is 0 Å². The number of rotatable bonds is 2. The van der Waals surface area contributed by atoms with E-state index in [9.17, 15) is 14.0 Å². The molecule has 0 saturated heterocycles. The Kier molecular flexibility index (Phi) is 3.16. The lowest BCUT2D eigenvalue weighted by Crippen LogP contribution is -2.29. The van der Waals surface area contributed by atoms with Crippen LogP contribution in [0.4, 0.5) is 4.39 Å². The van der Waals surface area contributed by atoms with Gasteiger partial charge in [-0.2, -0.15) is 0 Å². The predicted octanol–water partition coefficient (Wildman–Crippen LogP) is 1.69. The second-order valence-corrected chi connectivity index (χ2v) is 4.04. The molecule has 0 radical (unpaired) electrons. The van der Waals surface area contributed by atoms with E-state index >= 15 is 0 Å². The number of nitrogens with zero attached hydrogens (tertiary/aromatic N) is 2. The molecule has 0 bridgehead atoms. The number of hydrogen-bond donors (Lipinski definition) is 1. The van der Waals surface area contributed by atoms with Crippen molar-refractivity contribution in [1.82, 2.24) is 9.55 Å². The average molecular weight is 262 g/mol. The van der Waals surface area contributed by atoms with E-state index in [1.54, 1.807) is 6.92 Å². The van der Waals surface area contributed by atoms with Crippen molar-refractivity contribution < 1.29 is 14.3 Å². The molecule has 98 valence electrons. The van der Waals surface area contributed by atoms with Crippen molar-refractivity contribution in [2.45, 2.75) is 13.8 Å². The van der Waals surface area contributed by atoms with Gasteiger partial charge in [-0.15, -0.1) is 0 Å². The van der Waals surface area contributed by atoms with Crippen molar-refractivity contribution >= 4 is 5.97 Å². The first-order valence-electron chi connectivity index (χ1n) is 5.51. The largest absolute Gasteiger partial charge is 0.477 e. The van der Waals surface area contributed by atoms with E-state index in [0.717, 1.165) is 4.57 Å². The van der Waals surface area contributed by atoms with Gasteiger partial charge < -0.3 is 5.11 Å². The highest BCUT2D eigenvalue weighted by Gasteiger charge is 2.18. The molecule has 0 aliphatic carbocycles. The molecule has 2 rings (SSSR count). The third kappa shape index (κ3) is 2.24. The zero-order chi connectivity index (χ0) is 14.2. The zero-order valence-electron chi connectivity index (χ0n) is 10.3. The smallest absolute Gasteiger partial charge is 0.343 e. The van der Waals surface area contributed by atoms with Gasteiger partial charge in [0.25, 0.3) is 5.56 Å². The topological polar surface area (TPSA) is 72.2 Å². The molecule has 1 aromatic carbocycles. The summed E-state index contributed by atoms with van der Waals surface area (Å²) in [6.07, 6.45) is 0. The highest BCUT2D eigenvalue weighted by atomic mass is 19.1. The monoisotopic (exact) mass is 262 g/mol. The maximum atomic E-state index is 12.9. The number of halogens is 1. The molecule has 1 N–H and O–H groups in total. The minimum atomic E-state index is -1.33. The molecule has 2 aromatic rings. The molecule has 6 heteroatoms. The number of benzene rings is 1. The van der Waals surface area contributed by atoms with Gasteiger partial charge in [-0.25, -0.2) is 14.2 Å². The van der Waals surface area contributed by atoms with Crippen molar-refractivity contribution in [3.05, 3.63) is 57.5 Å². The second kappa shape index (κ2) is 4.64. The highest BCUT2D eigenvalue weighted by Crippen LogP contribution is 2.10. The molecule has 0 aliphatic rings. The third-order valence-corrected chi connectivity index (χ3v) is 2.73. The normalized spacial score (nSPS) is 10.5. The van der Waals surface area contributed by atoms with Crippen LogP contribution in [0.25, 0.3) is 5.69 Å². The van der Waals surface area contributed by atoms with Crippen molar-refractivity contribution in [1.29, 1.82) is 0 Å². The maximum absolute atomic E-state index is 12.9. The van der Waals surface area contributed by atoms with Crippen LogP contribution in [0.5, 0.6) is 0 Å². The Morgan fingerprint density at radius 1 is 1.26 bits per heavy atom. The van der Waals surface area contributed by atoms with Gasteiger partial charge in [-0.1, -0.05) is 0 Å².